The molecule has 4 rings (SSSR count). The first-order chi connectivity index (χ1) is 13.7. The van der Waals surface area contributed by atoms with Gasteiger partial charge >= 0.3 is 0 Å². The highest BCUT2D eigenvalue weighted by Crippen LogP contribution is 2.32. The van der Waals surface area contributed by atoms with Gasteiger partial charge in [-0.15, -0.1) is 0 Å². The highest BCUT2D eigenvalue weighted by atomic mass is 16.5. The lowest BCUT2D eigenvalue weighted by atomic mass is 9.97. The quantitative estimate of drug-likeness (QED) is 0.729. The van der Waals surface area contributed by atoms with Gasteiger partial charge in [-0.05, 0) is 44.0 Å². The summed E-state index contributed by atoms with van der Waals surface area (Å²) in [5, 5.41) is 3.87. The standard InChI is InChI=1S/C21H24N4O3/c1-25(13-14-5-8-22-9-6-14)20-16(15-3-4-19(27-2)23-12-15)11-17-18(26)7-10-28-21(17)24-20/h3-4,7,10-12,14,22H,5-6,8-9,13H2,1-2H3. The molecule has 3 aromatic heterocycles. The number of nitrogens with one attached hydrogen (secondary N) is 1. The molecule has 1 saturated heterocycles. The molecule has 0 atom stereocenters. The van der Waals surface area contributed by atoms with Crippen LogP contribution in [0.5, 0.6) is 5.88 Å². The number of aromatic nitrogens is 2. The molecule has 1 N–H and O–H groups in total. The summed E-state index contributed by atoms with van der Waals surface area (Å²) in [6.45, 7) is 3.00. The van der Waals surface area contributed by atoms with Crippen LogP contribution < -0.4 is 20.4 Å². The Labute approximate surface area is 163 Å². The van der Waals surface area contributed by atoms with Gasteiger partial charge in [0.15, 0.2) is 5.43 Å². The van der Waals surface area contributed by atoms with Crippen LogP contribution in [0.25, 0.3) is 22.2 Å². The van der Waals surface area contributed by atoms with Gasteiger partial charge in [-0.2, -0.15) is 4.98 Å². The largest absolute Gasteiger partial charge is 0.481 e. The van der Waals surface area contributed by atoms with Crippen molar-refractivity contribution in [2.45, 2.75) is 12.8 Å². The van der Waals surface area contributed by atoms with E-state index >= 15 is 0 Å². The summed E-state index contributed by atoms with van der Waals surface area (Å²) in [6.07, 6.45) is 5.43. The molecular formula is C21H24N4O3. The minimum Gasteiger partial charge on any atom is -0.481 e. The van der Waals surface area contributed by atoms with E-state index in [-0.39, 0.29) is 5.43 Å². The van der Waals surface area contributed by atoms with Crippen LogP contribution in [0, 0.1) is 5.92 Å². The van der Waals surface area contributed by atoms with Gasteiger partial charge in [0.2, 0.25) is 11.6 Å². The lowest BCUT2D eigenvalue weighted by molar-refractivity contribution is 0.377. The number of rotatable bonds is 5. The molecule has 4 heterocycles. The fourth-order valence-corrected chi connectivity index (χ4v) is 3.71. The molecule has 3 aromatic rings. The lowest BCUT2D eigenvalue weighted by Crippen LogP contribution is -2.35. The van der Waals surface area contributed by atoms with E-state index in [0.717, 1.165) is 49.4 Å². The molecule has 0 aliphatic carbocycles. The smallest absolute Gasteiger partial charge is 0.231 e. The minimum absolute atomic E-state index is 0.107. The van der Waals surface area contributed by atoms with Crippen LogP contribution in [0.3, 0.4) is 0 Å². The van der Waals surface area contributed by atoms with Crippen LogP contribution in [0.4, 0.5) is 5.82 Å². The topological polar surface area (TPSA) is 80.5 Å². The zero-order chi connectivity index (χ0) is 19.5. The Morgan fingerprint density at radius 3 is 2.82 bits per heavy atom. The molecule has 1 aliphatic heterocycles. The highest BCUT2D eigenvalue weighted by molar-refractivity contribution is 5.86. The van der Waals surface area contributed by atoms with Gasteiger partial charge in [0.1, 0.15) is 5.82 Å². The van der Waals surface area contributed by atoms with Crippen LogP contribution in [0.15, 0.2) is 45.9 Å². The number of ether oxygens (including phenoxy) is 1. The number of anilines is 1. The number of fused-ring (bicyclic) bond motifs is 1. The Balaban J connectivity index is 1.78. The van der Waals surface area contributed by atoms with Crippen molar-refractivity contribution in [3.8, 4) is 17.0 Å². The average molecular weight is 380 g/mol. The molecule has 1 fully saturated rings. The van der Waals surface area contributed by atoms with Crippen molar-refractivity contribution in [1.82, 2.24) is 15.3 Å². The number of nitrogens with zero attached hydrogens (tertiary/aromatic N) is 3. The predicted octanol–water partition coefficient (Wildman–Crippen LogP) is 2.69. The molecule has 7 nitrogen and oxygen atoms in total. The average Bonchev–Trinajstić information content (AvgIpc) is 2.74. The number of hydrogen-bond donors (Lipinski definition) is 1. The highest BCUT2D eigenvalue weighted by Gasteiger charge is 2.20. The van der Waals surface area contributed by atoms with Crippen molar-refractivity contribution in [3.05, 3.63) is 46.9 Å². The summed E-state index contributed by atoms with van der Waals surface area (Å²) < 4.78 is 10.7. The van der Waals surface area contributed by atoms with E-state index in [4.69, 9.17) is 14.1 Å². The summed E-state index contributed by atoms with van der Waals surface area (Å²) in [5.74, 6) is 1.93. The third kappa shape index (κ3) is 3.71. The van der Waals surface area contributed by atoms with E-state index in [2.05, 4.69) is 15.2 Å². The molecule has 1 aliphatic rings. The lowest BCUT2D eigenvalue weighted by Gasteiger charge is -2.29. The maximum absolute atomic E-state index is 12.3. The zero-order valence-corrected chi connectivity index (χ0v) is 16.1. The molecule has 0 saturated carbocycles. The molecule has 7 heteroatoms. The predicted molar refractivity (Wildman–Crippen MR) is 109 cm³/mol. The summed E-state index contributed by atoms with van der Waals surface area (Å²) in [6, 6.07) is 7.01. The molecule has 0 spiro atoms. The second kappa shape index (κ2) is 7.98. The number of piperidine rings is 1. The first-order valence-corrected chi connectivity index (χ1v) is 9.50. The van der Waals surface area contributed by atoms with Crippen molar-refractivity contribution >= 4 is 16.9 Å². The molecule has 0 radical (unpaired) electrons. The number of methoxy groups -OCH3 is 1. The van der Waals surface area contributed by atoms with E-state index in [9.17, 15) is 4.79 Å². The fourth-order valence-electron chi connectivity index (χ4n) is 3.71. The van der Waals surface area contributed by atoms with Crippen LogP contribution in [-0.2, 0) is 0 Å². The van der Waals surface area contributed by atoms with E-state index < -0.39 is 0 Å². The number of hydrogen-bond acceptors (Lipinski definition) is 7. The Morgan fingerprint density at radius 1 is 1.29 bits per heavy atom. The Morgan fingerprint density at radius 2 is 2.11 bits per heavy atom. The van der Waals surface area contributed by atoms with Gasteiger partial charge in [-0.3, -0.25) is 4.79 Å². The van der Waals surface area contributed by atoms with E-state index in [0.29, 0.717) is 22.9 Å². The molecule has 0 amide bonds. The van der Waals surface area contributed by atoms with E-state index in [1.165, 1.54) is 12.3 Å². The number of pyridine rings is 2. The van der Waals surface area contributed by atoms with Gasteiger partial charge in [0.05, 0.1) is 18.8 Å². The van der Waals surface area contributed by atoms with Crippen molar-refractivity contribution in [1.29, 1.82) is 0 Å². The fraction of sp³-hybridized carbons (Fsp3) is 0.381. The van der Waals surface area contributed by atoms with Crippen molar-refractivity contribution < 1.29 is 9.15 Å². The zero-order valence-electron chi connectivity index (χ0n) is 16.1. The first kappa shape index (κ1) is 18.4. The third-order valence-electron chi connectivity index (χ3n) is 5.24. The van der Waals surface area contributed by atoms with Gasteiger partial charge in [-0.25, -0.2) is 4.98 Å². The van der Waals surface area contributed by atoms with Crippen molar-refractivity contribution in [2.75, 3.05) is 38.7 Å². The second-order valence-corrected chi connectivity index (χ2v) is 7.16. The van der Waals surface area contributed by atoms with E-state index in [1.807, 2.05) is 25.2 Å². The van der Waals surface area contributed by atoms with Crippen LogP contribution in [0.1, 0.15) is 12.8 Å². The first-order valence-electron chi connectivity index (χ1n) is 9.50. The van der Waals surface area contributed by atoms with Gasteiger partial charge in [0, 0.05) is 43.0 Å². The monoisotopic (exact) mass is 380 g/mol. The summed E-state index contributed by atoms with van der Waals surface area (Å²) in [4.78, 5) is 23.5. The van der Waals surface area contributed by atoms with Crippen LogP contribution in [-0.4, -0.2) is 43.8 Å². The van der Waals surface area contributed by atoms with Gasteiger partial charge in [-0.1, -0.05) is 0 Å². The van der Waals surface area contributed by atoms with Crippen molar-refractivity contribution in [2.24, 2.45) is 5.92 Å². The minimum atomic E-state index is -0.107. The Hall–Kier alpha value is -2.93. The third-order valence-corrected chi connectivity index (χ3v) is 5.24. The molecule has 0 bridgehead atoms. The molecule has 28 heavy (non-hydrogen) atoms. The molecular weight excluding hydrogens is 356 g/mol. The Bertz CT molecular complexity index is 1010. The van der Waals surface area contributed by atoms with Crippen LogP contribution in [0.2, 0.25) is 0 Å². The SMILES string of the molecule is COc1ccc(-c2cc3c(=O)ccoc3nc2N(C)CC2CCNCC2)cn1. The summed E-state index contributed by atoms with van der Waals surface area (Å²) >= 11 is 0. The van der Waals surface area contributed by atoms with E-state index in [1.54, 1.807) is 13.3 Å². The van der Waals surface area contributed by atoms with Gasteiger partial charge in [0.25, 0.3) is 0 Å². The maximum Gasteiger partial charge on any atom is 0.231 e. The summed E-state index contributed by atoms with van der Waals surface area (Å²) in [5.41, 5.74) is 1.98. The van der Waals surface area contributed by atoms with Gasteiger partial charge < -0.3 is 19.4 Å². The second-order valence-electron chi connectivity index (χ2n) is 7.16. The summed E-state index contributed by atoms with van der Waals surface area (Å²) in [7, 11) is 3.63. The molecule has 0 unspecified atom stereocenters. The molecule has 0 aromatic carbocycles. The maximum atomic E-state index is 12.3. The van der Waals surface area contributed by atoms with Crippen molar-refractivity contribution in [3.63, 3.8) is 0 Å². The molecule has 146 valence electrons. The Kier molecular flexibility index (Phi) is 5.25. The normalized spacial score (nSPS) is 14.9. The van der Waals surface area contributed by atoms with Crippen LogP contribution >= 0.6 is 0 Å².